The van der Waals surface area contributed by atoms with Gasteiger partial charge in [0.2, 0.25) is 0 Å². The Bertz CT molecular complexity index is 1070. The van der Waals surface area contributed by atoms with Crippen molar-refractivity contribution >= 4 is 16.0 Å². The number of rotatable bonds is 8. The number of amides is 1. The molecular weight excluding hydrogens is 390 g/mol. The van der Waals surface area contributed by atoms with Gasteiger partial charge in [-0.1, -0.05) is 30.3 Å². The molecule has 0 aliphatic rings. The topological polar surface area (TPSA) is 76.8 Å². The number of hydrogen-bond acceptors (Lipinski definition) is 5. The van der Waals surface area contributed by atoms with Gasteiger partial charge in [-0.3, -0.25) is 4.79 Å². The molecule has 0 spiro atoms. The van der Waals surface area contributed by atoms with Crippen molar-refractivity contribution in [1.82, 2.24) is 4.90 Å². The molecule has 3 aromatic rings. The van der Waals surface area contributed by atoms with Gasteiger partial charge in [0.15, 0.2) is 0 Å². The smallest absolute Gasteiger partial charge is 0.308 e. The first-order valence-corrected chi connectivity index (χ1v) is 10.8. The Balaban J connectivity index is 1.87. The van der Waals surface area contributed by atoms with Gasteiger partial charge in [-0.25, -0.2) is 0 Å². The molecule has 0 atom stereocenters. The van der Waals surface area contributed by atoms with Gasteiger partial charge in [-0.2, -0.15) is 8.42 Å². The predicted molar refractivity (Wildman–Crippen MR) is 110 cm³/mol. The second-order valence-corrected chi connectivity index (χ2v) is 8.49. The molecule has 0 N–H and O–H groups in total. The summed E-state index contributed by atoms with van der Waals surface area (Å²) in [5.41, 5.74) is 2.25. The average molecular weight is 413 g/mol. The second kappa shape index (κ2) is 8.96. The Morgan fingerprint density at radius 3 is 2.52 bits per heavy atom. The zero-order valence-electron chi connectivity index (χ0n) is 16.4. The molecule has 1 amide bonds. The predicted octanol–water partition coefficient (Wildman–Crippen LogP) is 4.16. The molecule has 0 saturated heterocycles. The lowest BCUT2D eigenvalue weighted by Gasteiger charge is -2.23. The van der Waals surface area contributed by atoms with Gasteiger partial charge in [0.05, 0.1) is 18.6 Å². The molecule has 0 saturated carbocycles. The van der Waals surface area contributed by atoms with Crippen LogP contribution in [0.1, 0.15) is 34.2 Å². The molecule has 0 aliphatic heterocycles. The summed E-state index contributed by atoms with van der Waals surface area (Å²) >= 11 is 0. The van der Waals surface area contributed by atoms with Gasteiger partial charge < -0.3 is 13.5 Å². The summed E-state index contributed by atoms with van der Waals surface area (Å²) < 4.78 is 34.0. The molecule has 3 rings (SSSR count). The van der Waals surface area contributed by atoms with Gasteiger partial charge in [-0.15, -0.1) is 0 Å². The van der Waals surface area contributed by atoms with Gasteiger partial charge in [0.25, 0.3) is 5.91 Å². The van der Waals surface area contributed by atoms with Crippen LogP contribution in [0.15, 0.2) is 71.3 Å². The molecule has 0 unspecified atom stereocenters. The number of benzene rings is 2. The SMILES string of the molecule is CCS(=O)(=O)Oc1cccc(CN(Cc2ccco2)C(=O)c2ccccc2C)c1. The minimum Gasteiger partial charge on any atom is -0.467 e. The summed E-state index contributed by atoms with van der Waals surface area (Å²) in [6, 6.07) is 17.7. The molecule has 0 radical (unpaired) electrons. The minimum atomic E-state index is -3.62. The monoisotopic (exact) mass is 413 g/mol. The quantitative estimate of drug-likeness (QED) is 0.518. The lowest BCUT2D eigenvalue weighted by atomic mass is 10.1. The lowest BCUT2D eigenvalue weighted by molar-refractivity contribution is 0.0717. The van der Waals surface area contributed by atoms with Crippen molar-refractivity contribution in [3.8, 4) is 5.75 Å². The van der Waals surface area contributed by atoms with E-state index in [1.54, 1.807) is 41.5 Å². The summed E-state index contributed by atoms with van der Waals surface area (Å²) in [5, 5.41) is 0. The van der Waals surface area contributed by atoms with E-state index >= 15 is 0 Å². The van der Waals surface area contributed by atoms with E-state index in [0.717, 1.165) is 11.1 Å². The Morgan fingerprint density at radius 2 is 1.83 bits per heavy atom. The van der Waals surface area contributed by atoms with Crippen LogP contribution in [0, 0.1) is 6.92 Å². The fourth-order valence-electron chi connectivity index (χ4n) is 2.89. The lowest BCUT2D eigenvalue weighted by Crippen LogP contribution is -2.30. The number of carbonyl (C=O) groups excluding carboxylic acids is 1. The standard InChI is InChI=1S/C22H23NO5S/c1-3-29(25,26)28-19-10-6-9-18(14-19)15-23(16-20-11-7-13-27-20)22(24)21-12-5-4-8-17(21)2/h4-14H,3,15-16H2,1-2H3. The summed E-state index contributed by atoms with van der Waals surface area (Å²) in [7, 11) is -3.62. The molecule has 7 heteroatoms. The third kappa shape index (κ3) is 5.48. The van der Waals surface area contributed by atoms with Gasteiger partial charge in [0.1, 0.15) is 11.5 Å². The second-order valence-electron chi connectivity index (χ2n) is 6.63. The number of aryl methyl sites for hydroxylation is 1. The van der Waals surface area contributed by atoms with Gasteiger partial charge in [0, 0.05) is 12.1 Å². The van der Waals surface area contributed by atoms with Crippen molar-refractivity contribution in [3.05, 3.63) is 89.4 Å². The summed E-state index contributed by atoms with van der Waals surface area (Å²) in [4.78, 5) is 14.9. The number of furan rings is 1. The highest BCUT2D eigenvalue weighted by molar-refractivity contribution is 7.87. The third-order valence-electron chi connectivity index (χ3n) is 4.44. The first-order chi connectivity index (χ1) is 13.9. The van der Waals surface area contributed by atoms with Crippen LogP contribution in [0.5, 0.6) is 5.75 Å². The van der Waals surface area contributed by atoms with Crippen LogP contribution in [-0.2, 0) is 23.2 Å². The van der Waals surface area contributed by atoms with E-state index in [1.165, 1.54) is 6.92 Å². The number of carbonyl (C=O) groups is 1. The Hall–Kier alpha value is -3.06. The van der Waals surface area contributed by atoms with E-state index in [9.17, 15) is 13.2 Å². The summed E-state index contributed by atoms with van der Waals surface area (Å²) in [6.45, 7) is 3.98. The Kier molecular flexibility index (Phi) is 6.39. The van der Waals surface area contributed by atoms with E-state index in [1.807, 2.05) is 37.3 Å². The molecule has 6 nitrogen and oxygen atoms in total. The highest BCUT2D eigenvalue weighted by atomic mass is 32.2. The van der Waals surface area contributed by atoms with Crippen molar-refractivity contribution in [2.75, 3.05) is 5.75 Å². The molecule has 0 aliphatic carbocycles. The van der Waals surface area contributed by atoms with Gasteiger partial charge >= 0.3 is 10.1 Å². The van der Waals surface area contributed by atoms with Crippen LogP contribution >= 0.6 is 0 Å². The van der Waals surface area contributed by atoms with E-state index < -0.39 is 10.1 Å². The Labute approximate surface area is 170 Å². The molecule has 29 heavy (non-hydrogen) atoms. The third-order valence-corrected chi connectivity index (χ3v) is 5.59. The molecule has 2 aromatic carbocycles. The van der Waals surface area contributed by atoms with E-state index in [-0.39, 0.29) is 24.0 Å². The molecule has 1 aromatic heterocycles. The molecule has 1 heterocycles. The van der Waals surface area contributed by atoms with E-state index in [0.29, 0.717) is 17.9 Å². The number of hydrogen-bond donors (Lipinski definition) is 0. The number of nitrogens with zero attached hydrogens (tertiary/aromatic N) is 1. The van der Waals surface area contributed by atoms with Crippen molar-refractivity contribution in [1.29, 1.82) is 0 Å². The Morgan fingerprint density at radius 1 is 1.03 bits per heavy atom. The van der Waals surface area contributed by atoms with Crippen LogP contribution in [0.3, 0.4) is 0 Å². The van der Waals surface area contributed by atoms with Crippen LogP contribution in [0.2, 0.25) is 0 Å². The van der Waals surface area contributed by atoms with Gasteiger partial charge in [-0.05, 0) is 55.3 Å². The molecular formula is C22H23NO5S. The fraction of sp³-hybridized carbons (Fsp3) is 0.227. The zero-order valence-corrected chi connectivity index (χ0v) is 17.2. The summed E-state index contributed by atoms with van der Waals surface area (Å²) in [6.07, 6.45) is 1.57. The fourth-order valence-corrected chi connectivity index (χ4v) is 3.41. The van der Waals surface area contributed by atoms with Crippen LogP contribution in [0.4, 0.5) is 0 Å². The van der Waals surface area contributed by atoms with Crippen molar-refractivity contribution < 1.29 is 21.8 Å². The van der Waals surface area contributed by atoms with Crippen LogP contribution in [0.25, 0.3) is 0 Å². The van der Waals surface area contributed by atoms with Crippen LogP contribution in [-0.4, -0.2) is 25.0 Å². The highest BCUT2D eigenvalue weighted by Gasteiger charge is 2.20. The maximum atomic E-state index is 13.2. The minimum absolute atomic E-state index is 0.117. The highest BCUT2D eigenvalue weighted by Crippen LogP contribution is 2.20. The zero-order chi connectivity index (χ0) is 20.9. The van der Waals surface area contributed by atoms with Crippen molar-refractivity contribution in [3.63, 3.8) is 0 Å². The maximum absolute atomic E-state index is 13.2. The van der Waals surface area contributed by atoms with Crippen molar-refractivity contribution in [2.45, 2.75) is 26.9 Å². The average Bonchev–Trinajstić information content (AvgIpc) is 3.20. The molecule has 152 valence electrons. The van der Waals surface area contributed by atoms with E-state index in [4.69, 9.17) is 8.60 Å². The first-order valence-electron chi connectivity index (χ1n) is 9.26. The normalized spacial score (nSPS) is 11.2. The molecule has 0 bridgehead atoms. The summed E-state index contributed by atoms with van der Waals surface area (Å²) in [5.74, 6) is 0.638. The van der Waals surface area contributed by atoms with E-state index in [2.05, 4.69) is 0 Å². The molecule has 0 fully saturated rings. The maximum Gasteiger partial charge on any atom is 0.308 e. The van der Waals surface area contributed by atoms with Crippen LogP contribution < -0.4 is 4.18 Å². The van der Waals surface area contributed by atoms with Crippen molar-refractivity contribution in [2.24, 2.45) is 0 Å². The first kappa shape index (κ1) is 20.7. The largest absolute Gasteiger partial charge is 0.467 e.